The second kappa shape index (κ2) is 8.47. The van der Waals surface area contributed by atoms with E-state index in [1.54, 1.807) is 13.2 Å². The first-order valence-electron chi connectivity index (χ1n) is 9.17. The van der Waals surface area contributed by atoms with Crippen molar-refractivity contribution in [2.24, 2.45) is 4.99 Å². The number of benzene rings is 2. The molecule has 2 aromatic carbocycles. The number of guanidine groups is 1. The zero-order valence-electron chi connectivity index (χ0n) is 15.8. The lowest BCUT2D eigenvalue weighted by Gasteiger charge is -2.13. The van der Waals surface area contributed by atoms with Crippen LogP contribution in [-0.2, 0) is 19.6 Å². The Hall–Kier alpha value is -3.48. The smallest absolute Gasteiger partial charge is 0.231 e. The van der Waals surface area contributed by atoms with E-state index in [1.165, 1.54) is 11.1 Å². The molecule has 0 fully saturated rings. The molecule has 2 heterocycles. The van der Waals surface area contributed by atoms with Crippen LogP contribution in [0.4, 0.5) is 0 Å². The Labute approximate surface area is 164 Å². The van der Waals surface area contributed by atoms with Crippen LogP contribution in [0.5, 0.6) is 11.5 Å². The van der Waals surface area contributed by atoms with Gasteiger partial charge in [-0.1, -0.05) is 30.3 Å². The van der Waals surface area contributed by atoms with Crippen molar-refractivity contribution >= 4 is 5.96 Å². The fraction of sp³-hybridized carbons (Fsp3) is 0.238. The van der Waals surface area contributed by atoms with E-state index < -0.39 is 0 Å². The third kappa shape index (κ3) is 4.43. The van der Waals surface area contributed by atoms with Crippen LogP contribution >= 0.6 is 0 Å². The average molecular weight is 377 g/mol. The summed E-state index contributed by atoms with van der Waals surface area (Å²) in [5.41, 5.74) is 3.54. The summed E-state index contributed by atoms with van der Waals surface area (Å²) in [6.07, 6.45) is 5.58. The SMILES string of the molecule is CN=C(NCc1cccc(Cn2ccnc2)c1)NCc1ccc2c(c1)OCO2. The fourth-order valence-electron chi connectivity index (χ4n) is 3.07. The highest BCUT2D eigenvalue weighted by Gasteiger charge is 2.13. The molecule has 3 aromatic rings. The maximum atomic E-state index is 5.42. The van der Waals surface area contributed by atoms with Crippen molar-refractivity contribution < 1.29 is 9.47 Å². The molecule has 0 amide bonds. The van der Waals surface area contributed by atoms with Gasteiger partial charge in [-0.05, 0) is 28.8 Å². The van der Waals surface area contributed by atoms with Crippen LogP contribution in [0, 0.1) is 0 Å². The van der Waals surface area contributed by atoms with E-state index in [2.05, 4.69) is 49.4 Å². The molecule has 0 bridgehead atoms. The number of imidazole rings is 1. The first-order valence-corrected chi connectivity index (χ1v) is 9.17. The van der Waals surface area contributed by atoms with Gasteiger partial charge in [-0.15, -0.1) is 0 Å². The lowest BCUT2D eigenvalue weighted by atomic mass is 10.1. The van der Waals surface area contributed by atoms with Gasteiger partial charge in [0.2, 0.25) is 6.79 Å². The van der Waals surface area contributed by atoms with Gasteiger partial charge in [0, 0.05) is 39.1 Å². The van der Waals surface area contributed by atoms with Gasteiger partial charge in [0.1, 0.15) is 0 Å². The summed E-state index contributed by atoms with van der Waals surface area (Å²) in [4.78, 5) is 8.39. The maximum Gasteiger partial charge on any atom is 0.231 e. The Morgan fingerprint density at radius 2 is 1.82 bits per heavy atom. The Bertz CT molecular complexity index is 953. The van der Waals surface area contributed by atoms with Gasteiger partial charge >= 0.3 is 0 Å². The van der Waals surface area contributed by atoms with E-state index in [4.69, 9.17) is 9.47 Å². The minimum atomic E-state index is 0.287. The van der Waals surface area contributed by atoms with Crippen molar-refractivity contribution in [1.82, 2.24) is 20.2 Å². The number of aromatic nitrogens is 2. The van der Waals surface area contributed by atoms with Crippen LogP contribution in [0.3, 0.4) is 0 Å². The molecular weight excluding hydrogens is 354 g/mol. The second-order valence-electron chi connectivity index (χ2n) is 6.52. The normalized spacial score (nSPS) is 12.8. The number of fused-ring (bicyclic) bond motifs is 1. The van der Waals surface area contributed by atoms with Crippen molar-refractivity contribution in [1.29, 1.82) is 0 Å². The van der Waals surface area contributed by atoms with E-state index in [0.717, 1.165) is 29.6 Å². The molecule has 0 spiro atoms. The molecule has 1 aromatic heterocycles. The Morgan fingerprint density at radius 3 is 2.61 bits per heavy atom. The highest BCUT2D eigenvalue weighted by molar-refractivity contribution is 5.79. The molecule has 0 radical (unpaired) electrons. The summed E-state index contributed by atoms with van der Waals surface area (Å²) in [6.45, 7) is 2.44. The summed E-state index contributed by atoms with van der Waals surface area (Å²) < 4.78 is 12.8. The molecule has 0 saturated heterocycles. The molecule has 1 aliphatic rings. The third-order valence-corrected chi connectivity index (χ3v) is 4.50. The molecule has 4 rings (SSSR count). The summed E-state index contributed by atoms with van der Waals surface area (Å²) in [6, 6.07) is 14.4. The molecule has 144 valence electrons. The summed E-state index contributed by atoms with van der Waals surface area (Å²) in [5.74, 6) is 2.33. The predicted molar refractivity (Wildman–Crippen MR) is 107 cm³/mol. The van der Waals surface area contributed by atoms with Crippen LogP contribution in [0.25, 0.3) is 0 Å². The van der Waals surface area contributed by atoms with E-state index in [0.29, 0.717) is 13.1 Å². The van der Waals surface area contributed by atoms with Gasteiger partial charge in [0.15, 0.2) is 17.5 Å². The zero-order valence-corrected chi connectivity index (χ0v) is 15.8. The summed E-state index contributed by atoms with van der Waals surface area (Å²) in [5, 5.41) is 6.69. The maximum absolute atomic E-state index is 5.42. The molecule has 7 nitrogen and oxygen atoms in total. The van der Waals surface area contributed by atoms with E-state index in [-0.39, 0.29) is 6.79 Å². The van der Waals surface area contributed by atoms with Crippen LogP contribution in [-0.4, -0.2) is 29.4 Å². The van der Waals surface area contributed by atoms with Crippen LogP contribution in [0.2, 0.25) is 0 Å². The predicted octanol–water partition coefficient (Wildman–Crippen LogP) is 2.53. The standard InChI is InChI=1S/C21H23N5O2/c1-22-21(25-12-17-5-6-19-20(10-17)28-15-27-19)24-11-16-3-2-4-18(9-16)13-26-8-7-23-14-26/h2-10,14H,11-13,15H2,1H3,(H2,22,24,25). The van der Waals surface area contributed by atoms with Crippen LogP contribution in [0.15, 0.2) is 66.2 Å². The van der Waals surface area contributed by atoms with Crippen molar-refractivity contribution in [3.8, 4) is 11.5 Å². The molecule has 0 aliphatic carbocycles. The van der Waals surface area contributed by atoms with Gasteiger partial charge in [0.25, 0.3) is 0 Å². The highest BCUT2D eigenvalue weighted by Crippen LogP contribution is 2.32. The largest absolute Gasteiger partial charge is 0.454 e. The number of nitrogens with zero attached hydrogens (tertiary/aromatic N) is 3. The number of hydrogen-bond acceptors (Lipinski definition) is 4. The lowest BCUT2D eigenvalue weighted by molar-refractivity contribution is 0.174. The molecule has 0 saturated carbocycles. The lowest BCUT2D eigenvalue weighted by Crippen LogP contribution is -2.36. The third-order valence-electron chi connectivity index (χ3n) is 4.50. The van der Waals surface area contributed by atoms with Crippen LogP contribution < -0.4 is 20.1 Å². The van der Waals surface area contributed by atoms with Gasteiger partial charge in [-0.3, -0.25) is 4.99 Å². The van der Waals surface area contributed by atoms with Crippen molar-refractivity contribution in [3.63, 3.8) is 0 Å². The minimum absolute atomic E-state index is 0.287. The van der Waals surface area contributed by atoms with E-state index >= 15 is 0 Å². The fourth-order valence-corrected chi connectivity index (χ4v) is 3.07. The van der Waals surface area contributed by atoms with Crippen molar-refractivity contribution in [2.75, 3.05) is 13.8 Å². The molecule has 1 aliphatic heterocycles. The molecule has 28 heavy (non-hydrogen) atoms. The second-order valence-corrected chi connectivity index (χ2v) is 6.52. The molecule has 2 N–H and O–H groups in total. The monoisotopic (exact) mass is 377 g/mol. The summed E-state index contributed by atoms with van der Waals surface area (Å²) >= 11 is 0. The number of rotatable bonds is 6. The number of hydrogen-bond donors (Lipinski definition) is 2. The minimum Gasteiger partial charge on any atom is -0.454 e. The molecule has 0 unspecified atom stereocenters. The number of aliphatic imine (C=N–C) groups is 1. The average Bonchev–Trinajstić information content (AvgIpc) is 3.40. The molecular formula is C21H23N5O2. The van der Waals surface area contributed by atoms with E-state index in [9.17, 15) is 0 Å². The quantitative estimate of drug-likeness (QED) is 0.510. The van der Waals surface area contributed by atoms with Gasteiger partial charge in [0.05, 0.1) is 6.33 Å². The first kappa shape index (κ1) is 17.9. The topological polar surface area (TPSA) is 72.7 Å². The molecule has 7 heteroatoms. The first-order chi connectivity index (χ1) is 13.8. The Balaban J connectivity index is 1.30. The highest BCUT2D eigenvalue weighted by atomic mass is 16.7. The zero-order chi connectivity index (χ0) is 19.2. The number of ether oxygens (including phenoxy) is 2. The van der Waals surface area contributed by atoms with Gasteiger partial charge < -0.3 is 24.7 Å². The number of nitrogens with one attached hydrogen (secondary N) is 2. The van der Waals surface area contributed by atoms with Gasteiger partial charge in [-0.25, -0.2) is 4.98 Å². The van der Waals surface area contributed by atoms with Crippen LogP contribution in [0.1, 0.15) is 16.7 Å². The Morgan fingerprint density at radius 1 is 1.04 bits per heavy atom. The molecule has 0 atom stereocenters. The van der Waals surface area contributed by atoms with Crippen molar-refractivity contribution in [3.05, 3.63) is 77.9 Å². The summed E-state index contributed by atoms with van der Waals surface area (Å²) in [7, 11) is 1.77. The van der Waals surface area contributed by atoms with E-state index in [1.807, 2.05) is 30.7 Å². The van der Waals surface area contributed by atoms with Gasteiger partial charge in [-0.2, -0.15) is 0 Å². The Kier molecular flexibility index (Phi) is 5.42. The van der Waals surface area contributed by atoms with Crippen molar-refractivity contribution in [2.45, 2.75) is 19.6 Å².